The summed E-state index contributed by atoms with van der Waals surface area (Å²) < 4.78 is 10.3. The highest BCUT2D eigenvalue weighted by atomic mass is 35.5. The van der Waals surface area contributed by atoms with Gasteiger partial charge in [0.2, 0.25) is 11.8 Å². The lowest BCUT2D eigenvalue weighted by molar-refractivity contribution is -0.126. The number of halogens is 1. The summed E-state index contributed by atoms with van der Waals surface area (Å²) in [7, 11) is 3.13. The molecule has 3 amide bonds. The second-order valence-corrected chi connectivity index (χ2v) is 11.7. The number of hydrogen-bond donors (Lipinski definition) is 5. The Hall–Kier alpha value is -3.13. The van der Waals surface area contributed by atoms with Crippen LogP contribution in [0.5, 0.6) is 0 Å². The van der Waals surface area contributed by atoms with Crippen LogP contribution in [0.1, 0.15) is 54.9 Å². The number of aliphatic hydroxyl groups is 2. The van der Waals surface area contributed by atoms with Crippen molar-refractivity contribution in [3.8, 4) is 11.1 Å². The molecule has 1 unspecified atom stereocenters. The van der Waals surface area contributed by atoms with Gasteiger partial charge in [-0.25, -0.2) is 4.98 Å². The maximum Gasteiger partial charge on any atom is 0.251 e. The summed E-state index contributed by atoms with van der Waals surface area (Å²) in [6.07, 6.45) is 1.83. The first-order valence-electron chi connectivity index (χ1n) is 14.3. The summed E-state index contributed by atoms with van der Waals surface area (Å²) in [4.78, 5) is 41.2. The van der Waals surface area contributed by atoms with Gasteiger partial charge < -0.3 is 35.6 Å². The number of rotatable bonds is 12. The van der Waals surface area contributed by atoms with Crippen LogP contribution < -0.4 is 16.0 Å². The first-order valence-corrected chi connectivity index (χ1v) is 15.5. The van der Waals surface area contributed by atoms with Gasteiger partial charge in [-0.1, -0.05) is 23.7 Å². The molecule has 1 aromatic heterocycles. The van der Waals surface area contributed by atoms with Crippen LogP contribution in [0.3, 0.4) is 0 Å². The van der Waals surface area contributed by atoms with Crippen LogP contribution in [0.4, 0.5) is 0 Å². The second-order valence-electron chi connectivity index (χ2n) is 10.3. The number of aromatic nitrogens is 1. The van der Waals surface area contributed by atoms with E-state index in [4.69, 9.17) is 26.6 Å². The Morgan fingerprint density at radius 1 is 1.05 bits per heavy atom. The predicted molar refractivity (Wildman–Crippen MR) is 173 cm³/mol. The fourth-order valence-corrected chi connectivity index (χ4v) is 4.88. The molecule has 0 spiro atoms. The van der Waals surface area contributed by atoms with Gasteiger partial charge in [0, 0.05) is 44.0 Å². The number of hydrogen-bond acceptors (Lipinski definition) is 9. The molecule has 1 aliphatic carbocycles. The topological polar surface area (TPSA) is 159 Å². The number of nitrogens with zero attached hydrogens (tertiary/aromatic N) is 1. The van der Waals surface area contributed by atoms with Crippen molar-refractivity contribution in [2.45, 2.75) is 51.7 Å². The molecule has 1 fully saturated rings. The SMILES string of the molecule is CC(C)O.COCCNC(=O)c1ccc(-c2cc3sc(C(C)C(=O)NCC(=O)NC4CC4)nc3cc2Cl)cc1.COCCO. The van der Waals surface area contributed by atoms with Crippen molar-refractivity contribution in [2.75, 3.05) is 47.1 Å². The van der Waals surface area contributed by atoms with E-state index >= 15 is 0 Å². The summed E-state index contributed by atoms with van der Waals surface area (Å²) in [6.45, 7) is 6.63. The lowest BCUT2D eigenvalue weighted by atomic mass is 10.0. The normalized spacial score (nSPS) is 12.8. The van der Waals surface area contributed by atoms with Crippen LogP contribution in [0.15, 0.2) is 36.4 Å². The molecule has 44 heavy (non-hydrogen) atoms. The highest BCUT2D eigenvalue weighted by Gasteiger charge is 2.24. The van der Waals surface area contributed by atoms with Crippen LogP contribution in [-0.2, 0) is 19.1 Å². The Morgan fingerprint density at radius 3 is 2.23 bits per heavy atom. The number of methoxy groups -OCH3 is 2. The Morgan fingerprint density at radius 2 is 1.68 bits per heavy atom. The summed E-state index contributed by atoms with van der Waals surface area (Å²) in [5, 5.41) is 25.5. The molecule has 3 aromatic rings. The maximum atomic E-state index is 12.6. The monoisotopic (exact) mass is 650 g/mol. The van der Waals surface area contributed by atoms with Crippen molar-refractivity contribution in [3.63, 3.8) is 0 Å². The van der Waals surface area contributed by atoms with Crippen LogP contribution in [0, 0.1) is 0 Å². The third-order valence-corrected chi connectivity index (χ3v) is 7.48. The molecule has 1 heterocycles. The summed E-state index contributed by atoms with van der Waals surface area (Å²) in [5.41, 5.74) is 2.94. The van der Waals surface area contributed by atoms with Crippen molar-refractivity contribution in [2.24, 2.45) is 0 Å². The van der Waals surface area contributed by atoms with E-state index in [1.807, 2.05) is 18.2 Å². The molecule has 2 aromatic carbocycles. The molecular weight excluding hydrogens is 608 g/mol. The molecule has 0 aliphatic heterocycles. The molecule has 242 valence electrons. The van der Waals surface area contributed by atoms with Gasteiger partial charge >= 0.3 is 0 Å². The molecule has 5 N–H and O–H groups in total. The number of benzene rings is 2. The number of ether oxygens (including phenoxy) is 2. The number of amides is 3. The van der Waals surface area contributed by atoms with Crippen molar-refractivity contribution >= 4 is 50.9 Å². The Bertz CT molecular complexity index is 1340. The molecule has 1 atom stereocenters. The van der Waals surface area contributed by atoms with Gasteiger partial charge in [-0.15, -0.1) is 11.3 Å². The fourth-order valence-electron chi connectivity index (χ4n) is 3.57. The van der Waals surface area contributed by atoms with Gasteiger partial charge in [0.1, 0.15) is 5.01 Å². The smallest absolute Gasteiger partial charge is 0.251 e. The van der Waals surface area contributed by atoms with Crippen molar-refractivity contribution < 1.29 is 34.1 Å². The molecule has 0 saturated heterocycles. The summed E-state index contributed by atoms with van der Waals surface area (Å²) in [5.74, 6) is -1.09. The standard InChI is InChI=1S/C25H27ClN4O4S.C3H8O2.C3H8O/c1-14(23(32)28-13-22(31)29-17-7-8-17)25-30-20-12-19(26)18(11-21(20)35-25)15-3-5-16(6-4-15)24(33)27-9-10-34-2;1-5-3-2-4;1-3(2)4/h3-6,11-12,14,17H,7-10,13H2,1-2H3,(H,27,33)(H,28,32)(H,29,31);4H,2-3H2,1H3;3-4H,1-2H3. The average Bonchev–Trinajstić information content (AvgIpc) is 3.71. The van der Waals surface area contributed by atoms with Crippen LogP contribution in [-0.4, -0.2) is 92.2 Å². The van der Waals surface area contributed by atoms with Gasteiger partial charge in [0.05, 0.1) is 47.5 Å². The third-order valence-electron chi connectivity index (χ3n) is 5.97. The third kappa shape index (κ3) is 12.8. The molecule has 4 rings (SSSR count). The quantitative estimate of drug-likeness (QED) is 0.186. The summed E-state index contributed by atoms with van der Waals surface area (Å²) >= 11 is 7.97. The zero-order valence-corrected chi connectivity index (χ0v) is 27.4. The number of carbonyl (C=O) groups is 3. The van der Waals surface area contributed by atoms with Gasteiger partial charge in [0.15, 0.2) is 0 Å². The minimum atomic E-state index is -0.501. The highest BCUT2D eigenvalue weighted by Crippen LogP contribution is 2.36. The maximum absolute atomic E-state index is 12.6. The fraction of sp³-hybridized carbons (Fsp3) is 0.484. The second kappa shape index (κ2) is 19.3. The molecule has 0 radical (unpaired) electrons. The molecule has 13 heteroatoms. The largest absolute Gasteiger partial charge is 0.394 e. The number of fused-ring (bicyclic) bond motifs is 1. The Labute approximate surface area is 267 Å². The average molecular weight is 651 g/mol. The van der Waals surface area contributed by atoms with E-state index < -0.39 is 5.92 Å². The number of carbonyl (C=O) groups excluding carboxylic acids is 3. The zero-order chi connectivity index (χ0) is 32.6. The molecule has 0 bridgehead atoms. The predicted octanol–water partition coefficient (Wildman–Crippen LogP) is 3.50. The molecule has 1 saturated carbocycles. The van der Waals surface area contributed by atoms with Gasteiger partial charge in [-0.2, -0.15) is 0 Å². The van der Waals surface area contributed by atoms with Gasteiger partial charge in [0.25, 0.3) is 5.91 Å². The minimum Gasteiger partial charge on any atom is -0.394 e. The van der Waals surface area contributed by atoms with Crippen molar-refractivity contribution in [3.05, 3.63) is 52.0 Å². The lowest BCUT2D eigenvalue weighted by Gasteiger charge is -2.09. The van der Waals surface area contributed by atoms with E-state index in [0.717, 1.165) is 28.7 Å². The van der Waals surface area contributed by atoms with E-state index in [2.05, 4.69) is 25.7 Å². The van der Waals surface area contributed by atoms with Gasteiger partial charge in [-0.05, 0) is 63.4 Å². The van der Waals surface area contributed by atoms with E-state index in [0.29, 0.717) is 40.9 Å². The van der Waals surface area contributed by atoms with E-state index in [1.165, 1.54) is 11.3 Å². The molecule has 1 aliphatic rings. The lowest BCUT2D eigenvalue weighted by Crippen LogP contribution is -2.39. The number of nitrogens with one attached hydrogen (secondary N) is 3. The number of thiazole rings is 1. The first kappa shape index (κ1) is 37.1. The zero-order valence-electron chi connectivity index (χ0n) is 25.8. The highest BCUT2D eigenvalue weighted by molar-refractivity contribution is 7.18. The molecule has 11 nitrogen and oxygen atoms in total. The number of aliphatic hydroxyl groups excluding tert-OH is 2. The van der Waals surface area contributed by atoms with E-state index in [1.54, 1.807) is 53.2 Å². The van der Waals surface area contributed by atoms with Gasteiger partial charge in [-0.3, -0.25) is 14.4 Å². The van der Waals surface area contributed by atoms with Crippen molar-refractivity contribution in [1.82, 2.24) is 20.9 Å². The van der Waals surface area contributed by atoms with E-state index in [9.17, 15) is 14.4 Å². The Balaban J connectivity index is 0.000000660. The van der Waals surface area contributed by atoms with Crippen LogP contribution in [0.2, 0.25) is 5.02 Å². The van der Waals surface area contributed by atoms with E-state index in [-0.39, 0.29) is 43.0 Å². The minimum absolute atomic E-state index is 0.0407. The van der Waals surface area contributed by atoms with Crippen LogP contribution in [0.25, 0.3) is 21.3 Å². The summed E-state index contributed by atoms with van der Waals surface area (Å²) in [6, 6.07) is 11.2. The Kier molecular flexibility index (Phi) is 16.3. The van der Waals surface area contributed by atoms with Crippen LogP contribution >= 0.6 is 22.9 Å². The first-order chi connectivity index (χ1) is 21.0. The van der Waals surface area contributed by atoms with Crippen molar-refractivity contribution in [1.29, 1.82) is 0 Å². The molecular formula is C31H43ClN4O7S.